The first-order chi connectivity index (χ1) is 14.2. The van der Waals surface area contributed by atoms with E-state index in [1.807, 2.05) is 0 Å². The van der Waals surface area contributed by atoms with Gasteiger partial charge in [0.2, 0.25) is 5.91 Å². The topological polar surface area (TPSA) is 108 Å². The second-order valence-corrected chi connectivity index (χ2v) is 5.45. The molecule has 3 N–H and O–H groups in total. The summed E-state index contributed by atoms with van der Waals surface area (Å²) < 4.78 is 40.9. The Bertz CT molecular complexity index is 1300. The normalized spacial score (nSPS) is 14.4. The highest BCUT2D eigenvalue weighted by atomic mass is 35.5. The van der Waals surface area contributed by atoms with Crippen LogP contribution in [-0.2, 0) is 11.2 Å². The molecule has 25 heavy (non-hydrogen) atoms. The Morgan fingerprint density at radius 2 is 2.36 bits per heavy atom. The van der Waals surface area contributed by atoms with Crippen molar-refractivity contribution >= 4 is 39.9 Å². The lowest BCUT2D eigenvalue weighted by Crippen LogP contribution is -2.28. The van der Waals surface area contributed by atoms with Crippen LogP contribution in [0.25, 0.3) is 16.7 Å². The van der Waals surface area contributed by atoms with E-state index in [2.05, 4.69) is 20.4 Å². The van der Waals surface area contributed by atoms with Crippen molar-refractivity contribution in [2.75, 3.05) is 5.31 Å². The number of tetrazole rings is 1. The predicted octanol–water partition coefficient (Wildman–Crippen LogP) is 1.63. The van der Waals surface area contributed by atoms with Gasteiger partial charge in [-0.3, -0.25) is 4.79 Å². The third kappa shape index (κ3) is 2.83. The summed E-state index contributed by atoms with van der Waals surface area (Å²) in [5.41, 5.74) is -0.119. The zero-order chi connectivity index (χ0) is 21.6. The Labute approximate surface area is 153 Å². The van der Waals surface area contributed by atoms with Gasteiger partial charge in [-0.25, -0.2) is 4.98 Å². The molecule has 0 spiro atoms. The van der Waals surface area contributed by atoms with Crippen molar-refractivity contribution in [1.29, 1.82) is 1.43 Å². The van der Waals surface area contributed by atoms with Crippen molar-refractivity contribution in [3.05, 3.63) is 53.2 Å². The fraction of sp³-hybridized carbons (Fsp3) is 0.0625. The van der Waals surface area contributed by atoms with Crippen LogP contribution in [0.5, 0.6) is 5.75 Å². The predicted molar refractivity (Wildman–Crippen MR) is 90.3 cm³/mol. The number of anilines is 1. The molecule has 0 radical (unpaired) electrons. The summed E-state index contributed by atoms with van der Waals surface area (Å²) in [4.78, 5) is 17.2. The fourth-order valence-corrected chi connectivity index (χ4v) is 2.47. The summed E-state index contributed by atoms with van der Waals surface area (Å²) in [5, 5.41) is 13.2. The number of aromatic nitrogens is 5. The van der Waals surface area contributed by atoms with Crippen LogP contribution >= 0.6 is 11.6 Å². The van der Waals surface area contributed by atoms with Gasteiger partial charge in [0.15, 0.2) is 6.93 Å². The molecule has 9 heteroatoms. The molecule has 1 amide bonds. The molecule has 0 aliphatic carbocycles. The zero-order valence-corrected chi connectivity index (χ0v) is 13.2. The summed E-state index contributed by atoms with van der Waals surface area (Å²) in [5.74, 6) is -1.41. The highest BCUT2D eigenvalue weighted by molar-refractivity contribution is 6.31. The number of aromatic amines is 1. The van der Waals surface area contributed by atoms with Crippen molar-refractivity contribution in [3.8, 4) is 5.75 Å². The number of amides is 1. The molecule has 0 saturated carbocycles. The smallest absolute Gasteiger partial charge is 0.349 e. The molecule has 0 bridgehead atoms. The lowest BCUT2D eigenvalue weighted by atomic mass is 10.2. The average molecular weight is 361 g/mol. The number of para-hydroxylation sites is 2. The maximum absolute atomic E-state index is 13.0. The number of carbonyl (C=O) groups is 1. The molecule has 0 aliphatic heterocycles. The molecule has 0 atom stereocenters. The number of rotatable bonds is 4. The number of aromatic hydroxyl groups is 1. The van der Waals surface area contributed by atoms with E-state index in [0.717, 1.165) is 0 Å². The molecule has 4 aromatic rings. The molecule has 0 fully saturated rings. The molecule has 2 heterocycles. The number of nitrogens with zero attached hydrogens (tertiary/aromatic N) is 4. The van der Waals surface area contributed by atoms with Gasteiger partial charge in [0, 0.05) is 7.76 Å². The van der Waals surface area contributed by atoms with E-state index in [0.29, 0.717) is 15.7 Å². The van der Waals surface area contributed by atoms with Crippen LogP contribution in [0.4, 0.5) is 5.69 Å². The molecule has 0 aliphatic rings. The Hall–Kier alpha value is -3.26. The lowest BCUT2D eigenvalue weighted by Gasteiger charge is -2.06. The van der Waals surface area contributed by atoms with Gasteiger partial charge in [-0.05, 0) is 35.5 Å². The van der Waals surface area contributed by atoms with Crippen LogP contribution in [0.2, 0.25) is 7.85 Å². The quantitative estimate of drug-likeness (QED) is 0.378. The number of carbonyl (C=O) groups excluding carboxylic acids is 1. The maximum Gasteiger partial charge on any atom is 0.349 e. The molecular formula is C16H12ClN6O2+. The fourth-order valence-electron chi connectivity index (χ4n) is 2.30. The summed E-state index contributed by atoms with van der Waals surface area (Å²) in [6.07, 6.45) is -2.84. The highest BCUT2D eigenvalue weighted by Crippen LogP contribution is 2.22. The van der Waals surface area contributed by atoms with Crippen LogP contribution in [-0.4, -0.2) is 32.9 Å². The summed E-state index contributed by atoms with van der Waals surface area (Å²) in [6.45, 7) is 0. The SMILES string of the molecule is [2H]Oc1ccccc1N([2H])C(=O)C([2H])([2H])c1nc2cc(Cl)ccc2[n+]2nn([2H])nc12. The van der Waals surface area contributed by atoms with Gasteiger partial charge in [0.05, 0.1) is 22.4 Å². The maximum atomic E-state index is 13.0. The number of phenolic OH excluding ortho intramolecular Hbond substituents is 1. The highest BCUT2D eigenvalue weighted by Gasteiger charge is 2.20. The van der Waals surface area contributed by atoms with E-state index >= 15 is 0 Å². The average Bonchev–Trinajstić information content (AvgIpc) is 3.12. The van der Waals surface area contributed by atoms with Crippen LogP contribution in [0, 0.1) is 0 Å². The van der Waals surface area contributed by atoms with Crippen molar-refractivity contribution in [2.24, 2.45) is 0 Å². The number of halogens is 1. The van der Waals surface area contributed by atoms with Crippen LogP contribution in [0.3, 0.4) is 0 Å². The van der Waals surface area contributed by atoms with Crippen molar-refractivity contribution < 1.29 is 20.0 Å². The lowest BCUT2D eigenvalue weighted by molar-refractivity contribution is -0.554. The van der Waals surface area contributed by atoms with E-state index < -0.39 is 18.0 Å². The Balaban J connectivity index is 1.90. The molecule has 2 aromatic carbocycles. The minimum Gasteiger partial charge on any atom is -0.506 e. The first-order valence-corrected chi connectivity index (χ1v) is 7.46. The van der Waals surface area contributed by atoms with Gasteiger partial charge < -0.3 is 10.4 Å². The summed E-state index contributed by atoms with van der Waals surface area (Å²) in [6, 6.07) is 10.4. The van der Waals surface area contributed by atoms with Crippen LogP contribution < -0.4 is 9.83 Å². The third-order valence-electron chi connectivity index (χ3n) is 3.39. The first kappa shape index (κ1) is 10.6. The van der Waals surface area contributed by atoms with Crippen molar-refractivity contribution in [3.63, 3.8) is 0 Å². The molecule has 8 nitrogen and oxygen atoms in total. The van der Waals surface area contributed by atoms with Gasteiger partial charge in [-0.15, -0.1) is 0 Å². The minimum absolute atomic E-state index is 0.105. The van der Waals surface area contributed by atoms with Gasteiger partial charge >= 0.3 is 7.06 Å². The molecule has 0 unspecified atom stereocenters. The number of hydrogen-bond donors (Lipinski definition) is 3. The Morgan fingerprint density at radius 1 is 1.48 bits per heavy atom. The first-order valence-electron chi connectivity index (χ1n) is 9.38. The Kier molecular flexibility index (Phi) is 2.53. The second kappa shape index (κ2) is 5.99. The monoisotopic (exact) mass is 360 g/mol. The van der Waals surface area contributed by atoms with E-state index in [1.54, 1.807) is 18.2 Å². The van der Waals surface area contributed by atoms with Gasteiger partial charge in [0.25, 0.3) is 1.43 Å². The van der Waals surface area contributed by atoms with E-state index in [4.69, 9.17) is 18.6 Å². The number of nitrogens with one attached hydrogen (secondary N) is 2. The van der Waals surface area contributed by atoms with E-state index in [9.17, 15) is 4.79 Å². The molecule has 2 aromatic heterocycles. The van der Waals surface area contributed by atoms with Gasteiger partial charge in [0.1, 0.15) is 17.0 Å². The molecular weight excluding hydrogens is 344 g/mol. The van der Waals surface area contributed by atoms with E-state index in [-0.39, 0.29) is 27.9 Å². The largest absolute Gasteiger partial charge is 0.506 e. The van der Waals surface area contributed by atoms with E-state index in [1.165, 1.54) is 28.8 Å². The number of fused-ring (bicyclic) bond motifs is 3. The number of phenols is 1. The molecule has 4 rings (SSSR count). The number of H-pyrrole nitrogens is 1. The molecule has 0 saturated heterocycles. The van der Waals surface area contributed by atoms with Gasteiger partial charge in [-0.2, -0.15) is 0 Å². The van der Waals surface area contributed by atoms with Crippen LogP contribution in [0.1, 0.15) is 8.44 Å². The standard InChI is InChI=1S/C16H11ClN6O2/c17-9-5-6-13-11(7-9)18-12(16-20-21-22-23(13)16)8-15(25)19-10-3-1-2-4-14(10)24/h1-7H,8H2,(H2,18,19,20,21,22,24,25)/p+1/i8D2/hD3. The summed E-state index contributed by atoms with van der Waals surface area (Å²) in [7, 11) is 0. The zero-order valence-electron chi connectivity index (χ0n) is 17.4. The van der Waals surface area contributed by atoms with Crippen molar-refractivity contribution in [1.82, 2.24) is 20.5 Å². The van der Waals surface area contributed by atoms with Gasteiger partial charge in [-0.1, -0.05) is 28.2 Å². The third-order valence-corrected chi connectivity index (χ3v) is 3.63. The number of benzene rings is 2. The minimum atomic E-state index is -2.84. The summed E-state index contributed by atoms with van der Waals surface area (Å²) >= 11 is 6.01. The molecule has 124 valence electrons. The van der Waals surface area contributed by atoms with Crippen LogP contribution in [0.15, 0.2) is 42.5 Å². The Morgan fingerprint density at radius 3 is 3.24 bits per heavy atom. The number of hydrogen-bond acceptors (Lipinski definition) is 5. The second-order valence-electron chi connectivity index (χ2n) is 5.02. The van der Waals surface area contributed by atoms with Crippen molar-refractivity contribution in [2.45, 2.75) is 6.37 Å².